The van der Waals surface area contributed by atoms with E-state index in [1.807, 2.05) is 0 Å². The molecule has 0 atom stereocenters. The maximum absolute atomic E-state index is 14.4. The molecule has 0 bridgehead atoms. The highest BCUT2D eigenvalue weighted by Crippen LogP contribution is 2.41. The summed E-state index contributed by atoms with van der Waals surface area (Å²) in [5.74, 6) is -1.20. The van der Waals surface area contributed by atoms with Crippen molar-refractivity contribution in [2.24, 2.45) is 5.73 Å². The third-order valence-electron chi connectivity index (χ3n) is 5.58. The number of nitrogens with two attached hydrogens (primary N) is 1. The SMILES string of the molecule is COc1ccc(-c2sc(C(=O)N3CCC(N)CC3)cc2-c2ccc(C#N)c(F)c2)cc1F. The lowest BCUT2D eigenvalue weighted by atomic mass is 10.0. The fourth-order valence-corrected chi connectivity index (χ4v) is 4.91. The highest BCUT2D eigenvalue weighted by molar-refractivity contribution is 7.18. The van der Waals surface area contributed by atoms with Crippen molar-refractivity contribution in [1.82, 2.24) is 4.90 Å². The number of benzene rings is 2. The van der Waals surface area contributed by atoms with Gasteiger partial charge in [-0.15, -0.1) is 11.3 Å². The number of ether oxygens (including phenoxy) is 1. The number of rotatable bonds is 4. The van der Waals surface area contributed by atoms with E-state index in [1.54, 1.807) is 29.2 Å². The molecule has 1 amide bonds. The van der Waals surface area contributed by atoms with Crippen LogP contribution < -0.4 is 10.5 Å². The second kappa shape index (κ2) is 9.07. The summed E-state index contributed by atoms with van der Waals surface area (Å²) < 4.78 is 33.8. The number of amides is 1. The molecule has 2 heterocycles. The average Bonchev–Trinajstić information content (AvgIpc) is 3.24. The quantitative estimate of drug-likeness (QED) is 0.615. The molecule has 2 N–H and O–H groups in total. The van der Waals surface area contributed by atoms with Crippen LogP contribution in [0.15, 0.2) is 42.5 Å². The van der Waals surface area contributed by atoms with Gasteiger partial charge in [0.25, 0.3) is 5.91 Å². The topological polar surface area (TPSA) is 79.3 Å². The molecule has 8 heteroatoms. The van der Waals surface area contributed by atoms with E-state index in [-0.39, 0.29) is 23.3 Å². The van der Waals surface area contributed by atoms with Crippen LogP contribution >= 0.6 is 11.3 Å². The molecule has 32 heavy (non-hydrogen) atoms. The highest BCUT2D eigenvalue weighted by Gasteiger charge is 2.25. The first-order valence-electron chi connectivity index (χ1n) is 10.1. The lowest BCUT2D eigenvalue weighted by molar-refractivity contribution is 0.0719. The smallest absolute Gasteiger partial charge is 0.263 e. The van der Waals surface area contributed by atoms with Crippen LogP contribution in [0.25, 0.3) is 21.6 Å². The van der Waals surface area contributed by atoms with Gasteiger partial charge in [0, 0.05) is 29.6 Å². The number of methoxy groups -OCH3 is 1. The molecule has 1 saturated heterocycles. The summed E-state index contributed by atoms with van der Waals surface area (Å²) in [5.41, 5.74) is 7.53. The van der Waals surface area contributed by atoms with Gasteiger partial charge in [0.05, 0.1) is 17.6 Å². The summed E-state index contributed by atoms with van der Waals surface area (Å²) in [6.45, 7) is 1.15. The fourth-order valence-electron chi connectivity index (χ4n) is 3.76. The highest BCUT2D eigenvalue weighted by atomic mass is 32.1. The Bertz CT molecular complexity index is 1210. The van der Waals surface area contributed by atoms with Crippen LogP contribution in [0, 0.1) is 23.0 Å². The van der Waals surface area contributed by atoms with Crippen LogP contribution in [0.4, 0.5) is 8.78 Å². The lowest BCUT2D eigenvalue weighted by Crippen LogP contribution is -2.42. The van der Waals surface area contributed by atoms with Crippen molar-refractivity contribution in [1.29, 1.82) is 5.26 Å². The maximum atomic E-state index is 14.4. The minimum atomic E-state index is -0.652. The summed E-state index contributed by atoms with van der Waals surface area (Å²) in [7, 11) is 1.38. The molecule has 0 aliphatic carbocycles. The zero-order valence-electron chi connectivity index (χ0n) is 17.4. The standard InChI is InChI=1S/C24H21F2N3O2S/c1-31-21-5-4-15(11-20(21)26)23-18(14-2-3-16(13-27)19(25)10-14)12-22(32-23)24(30)29-8-6-17(28)7-9-29/h2-5,10-12,17H,6-9,28H2,1H3. The summed E-state index contributed by atoms with van der Waals surface area (Å²) in [6, 6.07) is 12.4. The minimum Gasteiger partial charge on any atom is -0.494 e. The van der Waals surface area contributed by atoms with E-state index in [0.717, 1.165) is 12.8 Å². The van der Waals surface area contributed by atoms with Gasteiger partial charge in [0.15, 0.2) is 11.6 Å². The average molecular weight is 454 g/mol. The van der Waals surface area contributed by atoms with Gasteiger partial charge in [-0.1, -0.05) is 6.07 Å². The molecule has 1 fully saturated rings. The molecular formula is C24H21F2N3O2S. The van der Waals surface area contributed by atoms with E-state index >= 15 is 0 Å². The van der Waals surface area contributed by atoms with Crippen LogP contribution in [0.2, 0.25) is 0 Å². The Morgan fingerprint density at radius 3 is 2.44 bits per heavy atom. The first-order valence-corrected chi connectivity index (χ1v) is 11.0. The van der Waals surface area contributed by atoms with E-state index < -0.39 is 11.6 Å². The number of likely N-dealkylation sites (tertiary alicyclic amines) is 1. The van der Waals surface area contributed by atoms with Gasteiger partial charge in [-0.3, -0.25) is 4.79 Å². The van der Waals surface area contributed by atoms with Gasteiger partial charge < -0.3 is 15.4 Å². The van der Waals surface area contributed by atoms with E-state index in [2.05, 4.69) is 0 Å². The molecule has 4 rings (SSSR count). The minimum absolute atomic E-state index is 0.0676. The van der Waals surface area contributed by atoms with Crippen LogP contribution in [-0.2, 0) is 0 Å². The number of carbonyl (C=O) groups is 1. The van der Waals surface area contributed by atoms with Crippen LogP contribution in [0.3, 0.4) is 0 Å². The molecule has 3 aromatic rings. The van der Waals surface area contributed by atoms with Crippen molar-refractivity contribution in [3.05, 3.63) is 64.5 Å². The molecule has 0 saturated carbocycles. The Morgan fingerprint density at radius 1 is 1.12 bits per heavy atom. The predicted molar refractivity (Wildman–Crippen MR) is 119 cm³/mol. The number of hydrogen-bond acceptors (Lipinski definition) is 5. The van der Waals surface area contributed by atoms with Crippen LogP contribution in [0.5, 0.6) is 5.75 Å². The van der Waals surface area contributed by atoms with Crippen molar-refractivity contribution in [3.63, 3.8) is 0 Å². The van der Waals surface area contributed by atoms with Crippen LogP contribution in [0.1, 0.15) is 28.1 Å². The predicted octanol–water partition coefficient (Wildman–Crippen LogP) is 4.80. The molecule has 0 radical (unpaired) electrons. The van der Waals surface area contributed by atoms with E-state index in [1.165, 1.54) is 42.7 Å². The van der Waals surface area contributed by atoms with E-state index in [0.29, 0.717) is 39.5 Å². The third kappa shape index (κ3) is 4.22. The third-order valence-corrected chi connectivity index (χ3v) is 6.76. The first-order chi connectivity index (χ1) is 15.4. The number of piperidine rings is 1. The Hall–Kier alpha value is -3.28. The number of nitriles is 1. The van der Waals surface area contributed by atoms with Gasteiger partial charge in [-0.2, -0.15) is 5.26 Å². The summed E-state index contributed by atoms with van der Waals surface area (Å²) in [5, 5.41) is 9.03. The van der Waals surface area contributed by atoms with Gasteiger partial charge in [0.2, 0.25) is 0 Å². The number of carbonyl (C=O) groups excluding carboxylic acids is 1. The van der Waals surface area contributed by atoms with Gasteiger partial charge in [-0.25, -0.2) is 8.78 Å². The molecule has 1 aliphatic rings. The molecule has 1 aromatic heterocycles. The summed E-state index contributed by atoms with van der Waals surface area (Å²) in [6.07, 6.45) is 1.47. The van der Waals surface area contributed by atoms with Gasteiger partial charge in [-0.05, 0) is 60.4 Å². The number of hydrogen-bond donors (Lipinski definition) is 1. The number of nitrogens with zero attached hydrogens (tertiary/aromatic N) is 2. The normalized spacial score (nSPS) is 14.3. The first kappa shape index (κ1) is 21.9. The number of halogens is 2. The molecule has 2 aromatic carbocycles. The molecule has 164 valence electrons. The van der Waals surface area contributed by atoms with Crippen molar-refractivity contribution in [2.75, 3.05) is 20.2 Å². The fraction of sp³-hybridized carbons (Fsp3) is 0.250. The molecule has 1 aliphatic heterocycles. The summed E-state index contributed by atoms with van der Waals surface area (Å²) in [4.78, 5) is 16.0. The zero-order valence-corrected chi connectivity index (χ0v) is 18.2. The van der Waals surface area contributed by atoms with E-state index in [9.17, 15) is 13.6 Å². The second-order valence-electron chi connectivity index (χ2n) is 7.64. The Kier molecular flexibility index (Phi) is 6.21. The van der Waals surface area contributed by atoms with Crippen molar-refractivity contribution < 1.29 is 18.3 Å². The molecule has 0 spiro atoms. The molecule has 5 nitrogen and oxygen atoms in total. The maximum Gasteiger partial charge on any atom is 0.263 e. The van der Waals surface area contributed by atoms with E-state index in [4.69, 9.17) is 15.7 Å². The Balaban J connectivity index is 1.80. The monoisotopic (exact) mass is 453 g/mol. The van der Waals surface area contributed by atoms with Crippen molar-refractivity contribution >= 4 is 17.2 Å². The van der Waals surface area contributed by atoms with Crippen molar-refractivity contribution in [3.8, 4) is 33.4 Å². The largest absolute Gasteiger partial charge is 0.494 e. The second-order valence-corrected chi connectivity index (χ2v) is 8.69. The van der Waals surface area contributed by atoms with Gasteiger partial charge in [0.1, 0.15) is 11.9 Å². The number of thiophene rings is 1. The molecule has 0 unspecified atom stereocenters. The van der Waals surface area contributed by atoms with Crippen LogP contribution in [-0.4, -0.2) is 37.0 Å². The zero-order chi connectivity index (χ0) is 22.8. The summed E-state index contributed by atoms with van der Waals surface area (Å²) >= 11 is 1.23. The lowest BCUT2D eigenvalue weighted by Gasteiger charge is -2.29. The Morgan fingerprint density at radius 2 is 1.81 bits per heavy atom. The van der Waals surface area contributed by atoms with Crippen molar-refractivity contribution in [2.45, 2.75) is 18.9 Å². The van der Waals surface area contributed by atoms with Gasteiger partial charge >= 0.3 is 0 Å². The molecular weight excluding hydrogens is 432 g/mol. The Labute approximate surface area is 188 Å².